The molecule has 98 valence electrons. The van der Waals surface area contributed by atoms with Crippen molar-refractivity contribution in [2.75, 3.05) is 13.2 Å². The lowest BCUT2D eigenvalue weighted by Crippen LogP contribution is -2.23. The second-order valence-corrected chi connectivity index (χ2v) is 4.84. The Kier molecular flexibility index (Phi) is 5.28. The summed E-state index contributed by atoms with van der Waals surface area (Å²) in [4.78, 5) is 0. The van der Waals surface area contributed by atoms with E-state index >= 15 is 0 Å². The smallest absolute Gasteiger partial charge is 0.0885 e. The number of hydrogen-bond donors (Lipinski definition) is 1. The first kappa shape index (κ1) is 13.2. The predicted octanol–water partition coefficient (Wildman–Crippen LogP) is 3.59. The van der Waals surface area contributed by atoms with Gasteiger partial charge in [-0.3, -0.25) is 0 Å². The predicted molar refractivity (Wildman–Crippen MR) is 75.5 cm³/mol. The van der Waals surface area contributed by atoms with Crippen LogP contribution in [0.15, 0.2) is 37.1 Å². The maximum atomic E-state index is 5.14. The minimum Gasteiger partial charge on any atom is -0.502 e. The van der Waals surface area contributed by atoms with Crippen LogP contribution in [0.5, 0.6) is 0 Å². The van der Waals surface area contributed by atoms with Crippen molar-refractivity contribution in [2.45, 2.75) is 38.1 Å². The Morgan fingerprint density at radius 1 is 1.33 bits per heavy atom. The quantitative estimate of drug-likeness (QED) is 0.470. The summed E-state index contributed by atoms with van der Waals surface area (Å²) < 4.78 is 5.14. The van der Waals surface area contributed by atoms with Crippen LogP contribution in [0.4, 0.5) is 0 Å². The zero-order valence-electron chi connectivity index (χ0n) is 11.0. The van der Waals surface area contributed by atoms with Crippen molar-refractivity contribution in [3.8, 4) is 0 Å². The summed E-state index contributed by atoms with van der Waals surface area (Å²) in [7, 11) is 0. The Morgan fingerprint density at radius 3 is 3.11 bits per heavy atom. The Hall–Kier alpha value is -1.28. The highest BCUT2D eigenvalue weighted by Gasteiger charge is 2.17. The van der Waals surface area contributed by atoms with Gasteiger partial charge in [0.25, 0.3) is 0 Å². The van der Waals surface area contributed by atoms with Crippen LogP contribution in [-0.2, 0) is 11.2 Å². The maximum absolute atomic E-state index is 5.14. The summed E-state index contributed by atoms with van der Waals surface area (Å²) in [6, 6.07) is 9.38. The molecule has 2 rings (SSSR count). The normalized spacial score (nSPS) is 18.8. The summed E-state index contributed by atoms with van der Waals surface area (Å²) in [6.07, 6.45) is 7.66. The fourth-order valence-corrected chi connectivity index (χ4v) is 2.65. The van der Waals surface area contributed by atoms with E-state index in [1.54, 1.807) is 0 Å². The monoisotopic (exact) mass is 245 g/mol. The average Bonchev–Trinajstić information content (AvgIpc) is 2.61. The Morgan fingerprint density at radius 2 is 2.22 bits per heavy atom. The minimum absolute atomic E-state index is 0.521. The lowest BCUT2D eigenvalue weighted by atomic mass is 9.99. The van der Waals surface area contributed by atoms with E-state index in [-0.39, 0.29) is 0 Å². The van der Waals surface area contributed by atoms with E-state index in [1.165, 1.54) is 43.1 Å². The summed E-state index contributed by atoms with van der Waals surface area (Å²) in [6.45, 7) is 5.31. The zero-order chi connectivity index (χ0) is 12.6. The topological polar surface area (TPSA) is 21.3 Å². The van der Waals surface area contributed by atoms with Crippen molar-refractivity contribution in [1.29, 1.82) is 0 Å². The highest BCUT2D eigenvalue weighted by atomic mass is 16.5. The van der Waals surface area contributed by atoms with Gasteiger partial charge in [-0.2, -0.15) is 0 Å². The molecule has 0 saturated carbocycles. The van der Waals surface area contributed by atoms with Crippen LogP contribution < -0.4 is 5.32 Å². The van der Waals surface area contributed by atoms with Crippen LogP contribution in [0, 0.1) is 0 Å². The van der Waals surface area contributed by atoms with E-state index in [4.69, 9.17) is 4.74 Å². The molecule has 18 heavy (non-hydrogen) atoms. The van der Waals surface area contributed by atoms with Crippen LogP contribution in [-0.4, -0.2) is 13.2 Å². The first-order chi connectivity index (χ1) is 8.92. The number of hydrogen-bond acceptors (Lipinski definition) is 2. The molecular weight excluding hydrogens is 222 g/mol. The van der Waals surface area contributed by atoms with Gasteiger partial charge in [0.2, 0.25) is 0 Å². The van der Waals surface area contributed by atoms with Gasteiger partial charge in [-0.15, -0.1) is 0 Å². The van der Waals surface area contributed by atoms with Crippen molar-refractivity contribution in [2.24, 2.45) is 0 Å². The molecule has 0 aliphatic heterocycles. The maximum Gasteiger partial charge on any atom is 0.0885 e. The number of ether oxygens (including phenoxy) is 1. The van der Waals surface area contributed by atoms with Crippen LogP contribution in [0.1, 0.15) is 42.9 Å². The summed E-state index contributed by atoms with van der Waals surface area (Å²) in [5.41, 5.74) is 3.02. The third kappa shape index (κ3) is 3.61. The van der Waals surface area contributed by atoms with Gasteiger partial charge in [0, 0.05) is 6.04 Å². The van der Waals surface area contributed by atoms with Crippen molar-refractivity contribution >= 4 is 0 Å². The Balaban J connectivity index is 1.89. The first-order valence-corrected chi connectivity index (χ1v) is 6.95. The van der Waals surface area contributed by atoms with E-state index in [1.807, 2.05) is 0 Å². The van der Waals surface area contributed by atoms with E-state index < -0.39 is 0 Å². The van der Waals surface area contributed by atoms with Crippen molar-refractivity contribution < 1.29 is 4.74 Å². The molecule has 1 aromatic rings. The molecule has 0 saturated heterocycles. The Labute approximate surface area is 110 Å². The molecule has 0 radical (unpaired) electrons. The molecule has 0 spiro atoms. The Bertz CT molecular complexity index is 375. The van der Waals surface area contributed by atoms with Gasteiger partial charge in [0.15, 0.2) is 0 Å². The van der Waals surface area contributed by atoms with Gasteiger partial charge in [-0.05, 0) is 43.4 Å². The SMILES string of the molecule is C=COCCCNC1CCCCc2ccccc21. The standard InChI is InChI=1S/C16H23NO/c1-2-18-13-7-12-17-16-11-6-4-9-14-8-3-5-10-15(14)16/h2-3,5,8,10,16-17H,1,4,6-7,9,11-13H2. The highest BCUT2D eigenvalue weighted by molar-refractivity contribution is 5.31. The second kappa shape index (κ2) is 7.22. The molecule has 0 aromatic heterocycles. The number of benzene rings is 1. The van der Waals surface area contributed by atoms with Crippen LogP contribution in [0.3, 0.4) is 0 Å². The minimum atomic E-state index is 0.521. The first-order valence-electron chi connectivity index (χ1n) is 6.95. The molecule has 1 aliphatic carbocycles. The molecule has 2 nitrogen and oxygen atoms in total. The molecule has 0 bridgehead atoms. The second-order valence-electron chi connectivity index (χ2n) is 4.84. The molecule has 1 atom stereocenters. The van der Waals surface area contributed by atoms with Gasteiger partial charge in [-0.1, -0.05) is 37.3 Å². The molecule has 1 N–H and O–H groups in total. The largest absolute Gasteiger partial charge is 0.502 e. The van der Waals surface area contributed by atoms with Gasteiger partial charge in [-0.25, -0.2) is 0 Å². The average molecular weight is 245 g/mol. The lowest BCUT2D eigenvalue weighted by Gasteiger charge is -2.19. The molecule has 2 heteroatoms. The molecule has 1 aliphatic rings. The van der Waals surface area contributed by atoms with E-state index in [9.17, 15) is 0 Å². The third-order valence-electron chi connectivity index (χ3n) is 3.57. The molecule has 1 unspecified atom stereocenters. The van der Waals surface area contributed by atoms with Crippen molar-refractivity contribution in [1.82, 2.24) is 5.32 Å². The summed E-state index contributed by atoms with van der Waals surface area (Å²) in [5, 5.41) is 3.66. The number of aryl methyl sites for hydroxylation is 1. The lowest BCUT2D eigenvalue weighted by molar-refractivity contribution is 0.242. The molecule has 0 heterocycles. The van der Waals surface area contributed by atoms with Crippen LogP contribution in [0.2, 0.25) is 0 Å². The number of nitrogens with one attached hydrogen (secondary N) is 1. The summed E-state index contributed by atoms with van der Waals surface area (Å²) >= 11 is 0. The van der Waals surface area contributed by atoms with E-state index in [0.717, 1.165) is 19.6 Å². The van der Waals surface area contributed by atoms with Crippen molar-refractivity contribution in [3.63, 3.8) is 0 Å². The van der Waals surface area contributed by atoms with Crippen molar-refractivity contribution in [3.05, 3.63) is 48.2 Å². The van der Waals surface area contributed by atoms with E-state index in [2.05, 4.69) is 36.2 Å². The molecular formula is C16H23NO. The third-order valence-corrected chi connectivity index (χ3v) is 3.57. The van der Waals surface area contributed by atoms with Crippen LogP contribution in [0.25, 0.3) is 0 Å². The zero-order valence-corrected chi connectivity index (χ0v) is 11.0. The fraction of sp³-hybridized carbons (Fsp3) is 0.500. The molecule has 1 aromatic carbocycles. The van der Waals surface area contributed by atoms with E-state index in [0.29, 0.717) is 6.04 Å². The molecule has 0 fully saturated rings. The van der Waals surface area contributed by atoms with Gasteiger partial charge < -0.3 is 10.1 Å². The van der Waals surface area contributed by atoms with Gasteiger partial charge in [0.1, 0.15) is 0 Å². The highest BCUT2D eigenvalue weighted by Crippen LogP contribution is 2.28. The van der Waals surface area contributed by atoms with Gasteiger partial charge in [0.05, 0.1) is 12.9 Å². The van der Waals surface area contributed by atoms with Gasteiger partial charge >= 0.3 is 0 Å². The summed E-state index contributed by atoms with van der Waals surface area (Å²) in [5.74, 6) is 0. The number of fused-ring (bicyclic) bond motifs is 1. The number of rotatable bonds is 6. The van der Waals surface area contributed by atoms with Crippen LogP contribution >= 0.6 is 0 Å². The molecule has 0 amide bonds. The fourth-order valence-electron chi connectivity index (χ4n) is 2.65.